The number of amides is 2. The van der Waals surface area contributed by atoms with Gasteiger partial charge in [-0.25, -0.2) is 4.39 Å². The highest BCUT2D eigenvalue weighted by atomic mass is 19.1. The molecule has 0 saturated carbocycles. The van der Waals surface area contributed by atoms with Crippen molar-refractivity contribution in [3.63, 3.8) is 0 Å². The summed E-state index contributed by atoms with van der Waals surface area (Å²) in [6, 6.07) is 4.14. The molecule has 19 heavy (non-hydrogen) atoms. The number of halogens is 1. The van der Waals surface area contributed by atoms with Gasteiger partial charge in [0.25, 0.3) is 5.91 Å². The molecule has 1 aromatic rings. The molecule has 0 aliphatic carbocycles. The molecular weight excluding hydrogens is 249 g/mol. The third kappa shape index (κ3) is 2.83. The average Bonchev–Trinajstić information content (AvgIpc) is 2.79. The maximum atomic E-state index is 13.3. The van der Waals surface area contributed by atoms with Crippen LogP contribution >= 0.6 is 0 Å². The fraction of sp³-hybridized carbons (Fsp3) is 0.385. The fourth-order valence-electron chi connectivity index (χ4n) is 2.24. The number of carbonyl (C=O) groups excluding carboxylic acids is 2. The van der Waals surface area contributed by atoms with Crippen molar-refractivity contribution in [3.8, 4) is 0 Å². The number of benzene rings is 1. The lowest BCUT2D eigenvalue weighted by atomic mass is 10.1. The second-order valence-electron chi connectivity index (χ2n) is 4.64. The molecule has 2 amide bonds. The molecule has 1 heterocycles. The van der Waals surface area contributed by atoms with Crippen LogP contribution < -0.4 is 11.1 Å². The van der Waals surface area contributed by atoms with Crippen LogP contribution in [0.15, 0.2) is 18.2 Å². The molecule has 0 spiro atoms. The van der Waals surface area contributed by atoms with E-state index >= 15 is 0 Å². The zero-order chi connectivity index (χ0) is 14.0. The van der Waals surface area contributed by atoms with Crippen LogP contribution in [-0.4, -0.2) is 35.8 Å². The Balaban J connectivity index is 2.09. The zero-order valence-electron chi connectivity index (χ0n) is 10.6. The van der Waals surface area contributed by atoms with Crippen LogP contribution in [0.25, 0.3) is 0 Å². The number of rotatable bonds is 2. The first-order valence-corrected chi connectivity index (χ1v) is 6.09. The average molecular weight is 265 g/mol. The lowest BCUT2D eigenvalue weighted by Gasteiger charge is -2.18. The molecule has 3 N–H and O–H groups in total. The summed E-state index contributed by atoms with van der Waals surface area (Å²) in [5, 5.41) is 2.77. The molecule has 1 aliphatic heterocycles. The monoisotopic (exact) mass is 265 g/mol. The predicted octanol–water partition coefficient (Wildman–Crippen LogP) is 0.758. The van der Waals surface area contributed by atoms with Crippen molar-refractivity contribution >= 4 is 17.5 Å². The van der Waals surface area contributed by atoms with Crippen molar-refractivity contribution in [2.75, 3.05) is 18.8 Å². The van der Waals surface area contributed by atoms with E-state index < -0.39 is 5.82 Å². The van der Waals surface area contributed by atoms with Gasteiger partial charge in [0.2, 0.25) is 5.91 Å². The van der Waals surface area contributed by atoms with Gasteiger partial charge in [-0.1, -0.05) is 6.07 Å². The summed E-state index contributed by atoms with van der Waals surface area (Å²) in [4.78, 5) is 24.8. The Labute approximate surface area is 110 Å². The molecular formula is C13H16FN3O2. The standard InChI is InChI=1S/C13H16FN3O2/c1-8(18)16-9-5-6-17(7-9)13(19)10-3-2-4-11(14)12(10)15/h2-4,9H,5-7,15H2,1H3,(H,16,18). The topological polar surface area (TPSA) is 75.4 Å². The molecule has 1 fully saturated rings. The number of carbonyl (C=O) groups is 2. The largest absolute Gasteiger partial charge is 0.396 e. The molecule has 2 rings (SSSR count). The smallest absolute Gasteiger partial charge is 0.256 e. The number of nitrogens with one attached hydrogen (secondary N) is 1. The predicted molar refractivity (Wildman–Crippen MR) is 68.9 cm³/mol. The summed E-state index contributed by atoms with van der Waals surface area (Å²) < 4.78 is 13.3. The molecule has 6 heteroatoms. The van der Waals surface area contributed by atoms with E-state index in [9.17, 15) is 14.0 Å². The number of nitrogens with zero attached hydrogens (tertiary/aromatic N) is 1. The summed E-state index contributed by atoms with van der Waals surface area (Å²) in [6.07, 6.45) is 0.695. The van der Waals surface area contributed by atoms with Crippen LogP contribution in [0.4, 0.5) is 10.1 Å². The number of para-hydroxylation sites is 1. The Morgan fingerprint density at radius 2 is 2.21 bits per heavy atom. The van der Waals surface area contributed by atoms with E-state index in [1.165, 1.54) is 25.1 Å². The summed E-state index contributed by atoms with van der Waals surface area (Å²) in [6.45, 7) is 2.39. The highest BCUT2D eigenvalue weighted by molar-refractivity contribution is 5.99. The Morgan fingerprint density at radius 3 is 2.89 bits per heavy atom. The maximum absolute atomic E-state index is 13.3. The molecule has 1 aromatic carbocycles. The van der Waals surface area contributed by atoms with E-state index in [1.807, 2.05) is 0 Å². The van der Waals surface area contributed by atoms with E-state index in [2.05, 4.69) is 5.32 Å². The van der Waals surface area contributed by atoms with Gasteiger partial charge in [-0.05, 0) is 18.6 Å². The Hall–Kier alpha value is -2.11. The summed E-state index contributed by atoms with van der Waals surface area (Å²) in [7, 11) is 0. The molecule has 0 radical (unpaired) electrons. The van der Waals surface area contributed by atoms with Gasteiger partial charge in [0, 0.05) is 26.1 Å². The number of nitrogen functional groups attached to an aromatic ring is 1. The van der Waals surface area contributed by atoms with Crippen molar-refractivity contribution in [2.45, 2.75) is 19.4 Å². The minimum atomic E-state index is -0.594. The first kappa shape index (κ1) is 13.3. The van der Waals surface area contributed by atoms with Gasteiger partial charge in [-0.15, -0.1) is 0 Å². The zero-order valence-corrected chi connectivity index (χ0v) is 10.6. The van der Waals surface area contributed by atoms with Crippen LogP contribution in [-0.2, 0) is 4.79 Å². The van der Waals surface area contributed by atoms with Gasteiger partial charge >= 0.3 is 0 Å². The normalized spacial score (nSPS) is 18.4. The first-order chi connectivity index (χ1) is 8.99. The van der Waals surface area contributed by atoms with Crippen molar-refractivity contribution in [1.82, 2.24) is 10.2 Å². The summed E-state index contributed by atoms with van der Waals surface area (Å²) >= 11 is 0. The number of anilines is 1. The minimum absolute atomic E-state index is 0.0452. The van der Waals surface area contributed by atoms with E-state index in [1.54, 1.807) is 4.90 Å². The van der Waals surface area contributed by atoms with Gasteiger partial charge in [-0.3, -0.25) is 9.59 Å². The minimum Gasteiger partial charge on any atom is -0.396 e. The molecule has 1 atom stereocenters. The maximum Gasteiger partial charge on any atom is 0.256 e. The summed E-state index contributed by atoms with van der Waals surface area (Å²) in [5.41, 5.74) is 5.61. The summed E-state index contributed by atoms with van der Waals surface area (Å²) in [5.74, 6) is -1.02. The molecule has 1 aliphatic rings. The number of hydrogen-bond donors (Lipinski definition) is 2. The van der Waals surface area contributed by atoms with E-state index in [4.69, 9.17) is 5.73 Å². The lowest BCUT2D eigenvalue weighted by molar-refractivity contribution is -0.119. The quantitative estimate of drug-likeness (QED) is 0.775. The van der Waals surface area contributed by atoms with E-state index in [-0.39, 0.29) is 29.1 Å². The molecule has 102 valence electrons. The van der Waals surface area contributed by atoms with Gasteiger partial charge in [0.15, 0.2) is 0 Å². The Bertz CT molecular complexity index is 519. The van der Waals surface area contributed by atoms with Gasteiger partial charge < -0.3 is 16.0 Å². The number of hydrogen-bond acceptors (Lipinski definition) is 3. The molecule has 5 nitrogen and oxygen atoms in total. The lowest BCUT2D eigenvalue weighted by Crippen LogP contribution is -2.37. The fourth-order valence-corrected chi connectivity index (χ4v) is 2.24. The van der Waals surface area contributed by atoms with Crippen molar-refractivity contribution in [2.24, 2.45) is 0 Å². The second-order valence-corrected chi connectivity index (χ2v) is 4.64. The number of likely N-dealkylation sites (tertiary alicyclic amines) is 1. The van der Waals surface area contributed by atoms with Gasteiger partial charge in [-0.2, -0.15) is 0 Å². The van der Waals surface area contributed by atoms with Gasteiger partial charge in [0.1, 0.15) is 5.82 Å². The van der Waals surface area contributed by atoms with Crippen LogP contribution in [0, 0.1) is 5.82 Å². The molecule has 1 unspecified atom stereocenters. The van der Waals surface area contributed by atoms with Crippen LogP contribution in [0.5, 0.6) is 0 Å². The van der Waals surface area contributed by atoms with E-state index in [0.717, 1.165) is 0 Å². The third-order valence-electron chi connectivity index (χ3n) is 3.17. The molecule has 0 bridgehead atoms. The highest BCUT2D eigenvalue weighted by Gasteiger charge is 2.28. The van der Waals surface area contributed by atoms with Crippen molar-refractivity contribution in [3.05, 3.63) is 29.6 Å². The molecule has 1 saturated heterocycles. The Kier molecular flexibility index (Phi) is 3.69. The second kappa shape index (κ2) is 5.26. The van der Waals surface area contributed by atoms with Crippen LogP contribution in [0.1, 0.15) is 23.7 Å². The van der Waals surface area contributed by atoms with Crippen LogP contribution in [0.2, 0.25) is 0 Å². The van der Waals surface area contributed by atoms with E-state index in [0.29, 0.717) is 19.5 Å². The van der Waals surface area contributed by atoms with Crippen molar-refractivity contribution in [1.29, 1.82) is 0 Å². The third-order valence-corrected chi connectivity index (χ3v) is 3.17. The Morgan fingerprint density at radius 1 is 1.47 bits per heavy atom. The highest BCUT2D eigenvalue weighted by Crippen LogP contribution is 2.20. The van der Waals surface area contributed by atoms with Crippen molar-refractivity contribution < 1.29 is 14.0 Å². The van der Waals surface area contributed by atoms with Crippen LogP contribution in [0.3, 0.4) is 0 Å². The molecule has 0 aromatic heterocycles. The number of nitrogens with two attached hydrogens (primary N) is 1. The van der Waals surface area contributed by atoms with Gasteiger partial charge in [0.05, 0.1) is 11.3 Å². The first-order valence-electron chi connectivity index (χ1n) is 6.09. The SMILES string of the molecule is CC(=O)NC1CCN(C(=O)c2cccc(F)c2N)C1.